The van der Waals surface area contributed by atoms with Gasteiger partial charge in [-0.05, 0) is 56.6 Å². The number of hydrogen-bond donors (Lipinski definition) is 2. The highest BCUT2D eigenvalue weighted by Crippen LogP contribution is 2.18. The Morgan fingerprint density at radius 2 is 1.81 bits per heavy atom. The molecule has 134 valence electrons. The fourth-order valence-electron chi connectivity index (χ4n) is 2.59. The van der Waals surface area contributed by atoms with Gasteiger partial charge in [0.05, 0.1) is 30.3 Å². The van der Waals surface area contributed by atoms with Crippen LogP contribution in [0.3, 0.4) is 0 Å². The number of rotatable bonds is 5. The summed E-state index contributed by atoms with van der Waals surface area (Å²) >= 11 is 0. The molecule has 0 aliphatic rings. The second kappa shape index (κ2) is 7.37. The normalized spacial score (nSPS) is 10.9. The topological polar surface area (TPSA) is 87.3 Å². The molecule has 3 rings (SSSR count). The number of imidazole rings is 1. The number of nitrogens with zero attached hydrogens (tertiary/aromatic N) is 2. The van der Waals surface area contributed by atoms with E-state index in [2.05, 4.69) is 20.0 Å². The van der Waals surface area contributed by atoms with Gasteiger partial charge in [-0.25, -0.2) is 9.78 Å². The van der Waals surface area contributed by atoms with Gasteiger partial charge in [-0.1, -0.05) is 0 Å². The largest absolute Gasteiger partial charge is 0.465 e. The summed E-state index contributed by atoms with van der Waals surface area (Å²) in [5.74, 6) is 0.177. The van der Waals surface area contributed by atoms with Crippen LogP contribution in [0.1, 0.15) is 26.5 Å². The van der Waals surface area contributed by atoms with Crippen LogP contribution in [0.2, 0.25) is 0 Å². The number of fused-ring (bicyclic) bond motifs is 1. The standard InChI is InChI=1S/C19H20N4O3/c1-23(2)11-17-21-15-9-8-14(10-16(15)22-17)20-18(24)12-4-6-13(7-5-12)19(25)26-3/h4-10H,11H2,1-3H3,(H,20,24)(H,21,22). The van der Waals surface area contributed by atoms with Gasteiger partial charge in [0, 0.05) is 11.3 Å². The van der Waals surface area contributed by atoms with Crippen molar-refractivity contribution in [3.8, 4) is 0 Å². The zero-order valence-electron chi connectivity index (χ0n) is 14.9. The van der Waals surface area contributed by atoms with Gasteiger partial charge >= 0.3 is 5.97 Å². The number of anilines is 1. The predicted molar refractivity (Wildman–Crippen MR) is 99.2 cm³/mol. The quantitative estimate of drug-likeness (QED) is 0.689. The lowest BCUT2D eigenvalue weighted by molar-refractivity contribution is 0.0600. The second-order valence-corrected chi connectivity index (χ2v) is 6.18. The molecule has 0 saturated carbocycles. The molecular weight excluding hydrogens is 332 g/mol. The van der Waals surface area contributed by atoms with E-state index >= 15 is 0 Å². The fourth-order valence-corrected chi connectivity index (χ4v) is 2.59. The smallest absolute Gasteiger partial charge is 0.337 e. The molecule has 0 saturated heterocycles. The second-order valence-electron chi connectivity index (χ2n) is 6.18. The maximum atomic E-state index is 12.4. The van der Waals surface area contributed by atoms with E-state index < -0.39 is 5.97 Å². The molecule has 2 N–H and O–H groups in total. The molecule has 0 unspecified atom stereocenters. The van der Waals surface area contributed by atoms with Crippen molar-refractivity contribution in [3.05, 3.63) is 59.4 Å². The molecular formula is C19H20N4O3. The first-order valence-electron chi connectivity index (χ1n) is 8.09. The van der Waals surface area contributed by atoms with Crippen molar-refractivity contribution in [2.24, 2.45) is 0 Å². The predicted octanol–water partition coefficient (Wildman–Crippen LogP) is 2.66. The number of esters is 1. The molecule has 1 heterocycles. The van der Waals surface area contributed by atoms with Crippen LogP contribution < -0.4 is 5.32 Å². The number of H-pyrrole nitrogens is 1. The number of methoxy groups -OCH3 is 1. The average molecular weight is 352 g/mol. The summed E-state index contributed by atoms with van der Waals surface area (Å²) in [5, 5.41) is 2.85. The third-order valence-electron chi connectivity index (χ3n) is 3.82. The van der Waals surface area contributed by atoms with Crippen LogP contribution in [0, 0.1) is 0 Å². The van der Waals surface area contributed by atoms with Gasteiger partial charge in [-0.15, -0.1) is 0 Å². The van der Waals surface area contributed by atoms with Crippen LogP contribution in [-0.4, -0.2) is 47.9 Å². The molecule has 0 aliphatic carbocycles. The van der Waals surface area contributed by atoms with Crippen LogP contribution in [-0.2, 0) is 11.3 Å². The minimum atomic E-state index is -0.435. The third-order valence-corrected chi connectivity index (χ3v) is 3.82. The summed E-state index contributed by atoms with van der Waals surface area (Å²) in [7, 11) is 5.27. The highest BCUT2D eigenvalue weighted by atomic mass is 16.5. The summed E-state index contributed by atoms with van der Waals surface area (Å²) in [6.45, 7) is 0.711. The van der Waals surface area contributed by atoms with E-state index in [0.717, 1.165) is 16.9 Å². The first-order chi connectivity index (χ1) is 12.5. The molecule has 26 heavy (non-hydrogen) atoms. The monoisotopic (exact) mass is 352 g/mol. The molecule has 7 nitrogen and oxygen atoms in total. The van der Waals surface area contributed by atoms with E-state index in [1.807, 2.05) is 37.2 Å². The van der Waals surface area contributed by atoms with E-state index in [0.29, 0.717) is 23.4 Å². The molecule has 0 bridgehead atoms. The van der Waals surface area contributed by atoms with Crippen LogP contribution in [0.25, 0.3) is 11.0 Å². The Kier molecular flexibility index (Phi) is 4.99. The summed E-state index contributed by atoms with van der Waals surface area (Å²) in [4.78, 5) is 33.6. The summed E-state index contributed by atoms with van der Waals surface area (Å²) < 4.78 is 4.65. The van der Waals surface area contributed by atoms with Crippen molar-refractivity contribution in [1.29, 1.82) is 0 Å². The van der Waals surface area contributed by atoms with Crippen LogP contribution in [0.5, 0.6) is 0 Å². The van der Waals surface area contributed by atoms with Crippen LogP contribution in [0.15, 0.2) is 42.5 Å². The third kappa shape index (κ3) is 3.89. The molecule has 2 aromatic carbocycles. The molecule has 7 heteroatoms. The van der Waals surface area contributed by atoms with Crippen molar-refractivity contribution < 1.29 is 14.3 Å². The molecule has 1 amide bonds. The van der Waals surface area contributed by atoms with Gasteiger partial charge in [0.15, 0.2) is 0 Å². The van der Waals surface area contributed by atoms with E-state index in [1.54, 1.807) is 24.3 Å². The Bertz CT molecular complexity index is 945. The van der Waals surface area contributed by atoms with Crippen molar-refractivity contribution in [2.45, 2.75) is 6.54 Å². The molecule has 0 spiro atoms. The number of amides is 1. The zero-order chi connectivity index (χ0) is 18.7. The Hall–Kier alpha value is -3.19. The number of aromatic amines is 1. The number of carbonyl (C=O) groups excluding carboxylic acids is 2. The van der Waals surface area contributed by atoms with E-state index in [1.165, 1.54) is 7.11 Å². The molecule has 0 radical (unpaired) electrons. The van der Waals surface area contributed by atoms with Gasteiger partial charge in [-0.2, -0.15) is 0 Å². The lowest BCUT2D eigenvalue weighted by Gasteiger charge is -2.06. The molecule has 1 aromatic heterocycles. The van der Waals surface area contributed by atoms with Crippen molar-refractivity contribution >= 4 is 28.6 Å². The molecule has 0 aliphatic heterocycles. The lowest BCUT2D eigenvalue weighted by atomic mass is 10.1. The van der Waals surface area contributed by atoms with Crippen molar-refractivity contribution in [3.63, 3.8) is 0 Å². The Labute approximate surface area is 151 Å². The molecule has 0 fully saturated rings. The number of benzene rings is 2. The van der Waals surface area contributed by atoms with Crippen molar-refractivity contribution in [2.75, 3.05) is 26.5 Å². The first-order valence-corrected chi connectivity index (χ1v) is 8.09. The van der Waals surface area contributed by atoms with Crippen LogP contribution >= 0.6 is 0 Å². The van der Waals surface area contributed by atoms with E-state index in [9.17, 15) is 9.59 Å². The van der Waals surface area contributed by atoms with E-state index in [-0.39, 0.29) is 5.91 Å². The summed E-state index contributed by atoms with van der Waals surface area (Å²) in [6, 6.07) is 11.8. The summed E-state index contributed by atoms with van der Waals surface area (Å²) in [6.07, 6.45) is 0. The number of hydrogen-bond acceptors (Lipinski definition) is 5. The number of aromatic nitrogens is 2. The lowest BCUT2D eigenvalue weighted by Crippen LogP contribution is -2.12. The Morgan fingerprint density at radius 1 is 1.12 bits per heavy atom. The van der Waals surface area contributed by atoms with Gasteiger partial charge in [0.2, 0.25) is 0 Å². The summed E-state index contributed by atoms with van der Waals surface area (Å²) in [5.41, 5.74) is 3.23. The van der Waals surface area contributed by atoms with Crippen LogP contribution in [0.4, 0.5) is 5.69 Å². The average Bonchev–Trinajstić information content (AvgIpc) is 3.01. The minimum Gasteiger partial charge on any atom is -0.465 e. The van der Waals surface area contributed by atoms with Gasteiger partial charge in [-0.3, -0.25) is 4.79 Å². The maximum Gasteiger partial charge on any atom is 0.337 e. The fraction of sp³-hybridized carbons (Fsp3) is 0.211. The van der Waals surface area contributed by atoms with E-state index in [4.69, 9.17) is 0 Å². The SMILES string of the molecule is COC(=O)c1ccc(C(=O)Nc2ccc3nc(CN(C)C)[nH]c3c2)cc1. The Balaban J connectivity index is 1.75. The number of nitrogens with one attached hydrogen (secondary N) is 2. The highest BCUT2D eigenvalue weighted by Gasteiger charge is 2.10. The highest BCUT2D eigenvalue weighted by molar-refractivity contribution is 6.05. The molecule has 0 atom stereocenters. The maximum absolute atomic E-state index is 12.4. The van der Waals surface area contributed by atoms with Gasteiger partial charge < -0.3 is 19.9 Å². The van der Waals surface area contributed by atoms with Gasteiger partial charge in [0.25, 0.3) is 5.91 Å². The molecule has 3 aromatic rings. The van der Waals surface area contributed by atoms with Gasteiger partial charge in [0.1, 0.15) is 5.82 Å². The van der Waals surface area contributed by atoms with Crippen molar-refractivity contribution in [1.82, 2.24) is 14.9 Å². The minimum absolute atomic E-state index is 0.256. The Morgan fingerprint density at radius 3 is 2.46 bits per heavy atom. The number of ether oxygens (including phenoxy) is 1. The first kappa shape index (κ1) is 17.6. The zero-order valence-corrected chi connectivity index (χ0v) is 14.9. The number of carbonyl (C=O) groups is 2.